The van der Waals surface area contributed by atoms with Gasteiger partial charge in [-0.25, -0.2) is 4.31 Å². The number of unbranched alkanes of at least 4 members (excludes halogenated alkanes) is 1. The summed E-state index contributed by atoms with van der Waals surface area (Å²) in [6.07, 6.45) is 2.88. The topological polar surface area (TPSA) is 84.0 Å². The third-order valence-corrected chi connectivity index (χ3v) is 6.80. The molecule has 1 saturated heterocycles. The number of ketones is 1. The molecule has 2 aromatic rings. The van der Waals surface area contributed by atoms with Gasteiger partial charge in [0.15, 0.2) is 0 Å². The minimum atomic E-state index is -4.27. The molecule has 0 saturated carbocycles. The van der Waals surface area contributed by atoms with Gasteiger partial charge in [0.2, 0.25) is 0 Å². The Kier molecular flexibility index (Phi) is 8.27. The summed E-state index contributed by atoms with van der Waals surface area (Å²) in [5.74, 6) is -0.506. The number of hydrogen-bond donors (Lipinski definition) is 0. The molecule has 0 radical (unpaired) electrons. The molecule has 1 aliphatic rings. The number of piperidine rings is 1. The van der Waals surface area contributed by atoms with Crippen LogP contribution in [-0.4, -0.2) is 39.8 Å². The summed E-state index contributed by atoms with van der Waals surface area (Å²) in [7, 11) is -4.27. The van der Waals surface area contributed by atoms with E-state index in [0.29, 0.717) is 44.5 Å². The molecule has 0 unspecified atom stereocenters. The van der Waals surface area contributed by atoms with Crippen LogP contribution in [0, 0.1) is 0 Å². The van der Waals surface area contributed by atoms with Crippen LogP contribution < -0.4 is 9.21 Å². The first-order valence-corrected chi connectivity index (χ1v) is 12.4. The maximum Gasteiger partial charge on any atom is 0.412 e. The van der Waals surface area contributed by atoms with Crippen molar-refractivity contribution in [3.63, 3.8) is 0 Å². The molecule has 1 aliphatic heterocycles. The lowest BCUT2D eigenvalue weighted by atomic mass is 10.1. The van der Waals surface area contributed by atoms with E-state index in [-0.39, 0.29) is 18.7 Å². The zero-order valence-electron chi connectivity index (χ0n) is 18.4. The van der Waals surface area contributed by atoms with Crippen LogP contribution in [0.15, 0.2) is 54.6 Å². The van der Waals surface area contributed by atoms with Crippen LogP contribution in [0.3, 0.4) is 0 Å². The second kappa shape index (κ2) is 11.1. The van der Waals surface area contributed by atoms with Crippen LogP contribution in [0.4, 0.5) is 11.4 Å². The second-order valence-corrected chi connectivity index (χ2v) is 9.33. The Hall–Kier alpha value is -2.87. The Balaban J connectivity index is 1.68. The molecule has 1 fully saturated rings. The minimum absolute atomic E-state index is 0.0164. The van der Waals surface area contributed by atoms with Crippen molar-refractivity contribution in [1.82, 2.24) is 0 Å². The highest BCUT2D eigenvalue weighted by molar-refractivity contribution is 7.88. The third-order valence-electron chi connectivity index (χ3n) is 5.47. The van der Waals surface area contributed by atoms with Gasteiger partial charge in [0.25, 0.3) is 0 Å². The molecular weight excluding hydrogens is 428 g/mol. The number of carbonyl (C=O) groups excluding carboxylic acids is 2. The number of nitrogens with zero attached hydrogens (tertiary/aromatic N) is 2. The van der Waals surface area contributed by atoms with Crippen molar-refractivity contribution in [3.8, 4) is 0 Å². The second-order valence-electron chi connectivity index (χ2n) is 7.87. The van der Waals surface area contributed by atoms with E-state index in [9.17, 15) is 18.0 Å². The van der Waals surface area contributed by atoms with E-state index in [1.807, 2.05) is 49.4 Å². The molecule has 0 spiro atoms. The molecular formula is C24H30N2O5S. The van der Waals surface area contributed by atoms with Crippen molar-refractivity contribution in [1.29, 1.82) is 0 Å². The van der Waals surface area contributed by atoms with Gasteiger partial charge in [0, 0.05) is 38.2 Å². The van der Waals surface area contributed by atoms with Crippen molar-refractivity contribution >= 4 is 33.4 Å². The van der Waals surface area contributed by atoms with Crippen LogP contribution in [0.25, 0.3) is 0 Å². The molecule has 3 rings (SSSR count). The van der Waals surface area contributed by atoms with Crippen LogP contribution in [0.2, 0.25) is 0 Å². The SMILES string of the molecule is CCCCN(c1ccc(N2CCC(=O)CC2)cc1)S(=O)(=O)OC(=O)CCc1ccccc1. The molecule has 0 amide bonds. The summed E-state index contributed by atoms with van der Waals surface area (Å²) in [5.41, 5.74) is 2.33. The van der Waals surface area contributed by atoms with Gasteiger partial charge < -0.3 is 9.08 Å². The van der Waals surface area contributed by atoms with Crippen LogP contribution >= 0.6 is 0 Å². The average Bonchev–Trinajstić information content (AvgIpc) is 2.79. The van der Waals surface area contributed by atoms with Gasteiger partial charge in [0.1, 0.15) is 5.78 Å². The van der Waals surface area contributed by atoms with E-state index in [0.717, 1.165) is 22.0 Å². The van der Waals surface area contributed by atoms with Gasteiger partial charge in [-0.05, 0) is 42.7 Å². The largest absolute Gasteiger partial charge is 0.412 e. The highest BCUT2D eigenvalue weighted by Crippen LogP contribution is 2.26. The molecule has 2 aromatic carbocycles. The van der Waals surface area contributed by atoms with Gasteiger partial charge >= 0.3 is 16.3 Å². The standard InChI is InChI=1S/C24H30N2O5S/c1-2-3-17-26(22-12-10-21(11-13-22)25-18-15-23(27)16-19-25)32(29,30)31-24(28)14-9-20-7-5-4-6-8-20/h4-8,10-13H,2-3,9,14-19H2,1H3. The minimum Gasteiger partial charge on any atom is -0.371 e. The van der Waals surface area contributed by atoms with Gasteiger partial charge in [-0.3, -0.25) is 9.59 Å². The van der Waals surface area contributed by atoms with Crippen molar-refractivity contribution in [2.45, 2.75) is 45.4 Å². The number of Topliss-reactive ketones (excluding diaryl/α,β-unsaturated/α-hetero) is 1. The summed E-state index contributed by atoms with van der Waals surface area (Å²) in [5, 5.41) is 0. The summed E-state index contributed by atoms with van der Waals surface area (Å²) in [6, 6.07) is 16.5. The molecule has 0 N–H and O–H groups in total. The maximum atomic E-state index is 12.9. The molecule has 1 heterocycles. The van der Waals surface area contributed by atoms with Crippen LogP contribution in [0.1, 0.15) is 44.6 Å². The fourth-order valence-corrected chi connectivity index (χ4v) is 4.75. The van der Waals surface area contributed by atoms with E-state index < -0.39 is 16.3 Å². The van der Waals surface area contributed by atoms with Crippen molar-refractivity contribution in [3.05, 3.63) is 60.2 Å². The summed E-state index contributed by atoms with van der Waals surface area (Å²) in [6.45, 7) is 3.52. The van der Waals surface area contributed by atoms with Crippen molar-refractivity contribution < 1.29 is 22.2 Å². The lowest BCUT2D eigenvalue weighted by Crippen LogP contribution is -2.35. The first-order valence-electron chi connectivity index (χ1n) is 11.0. The van der Waals surface area contributed by atoms with Gasteiger partial charge in [-0.15, -0.1) is 0 Å². The Morgan fingerprint density at radius 1 is 1.03 bits per heavy atom. The normalized spacial score (nSPS) is 14.3. The average molecular weight is 459 g/mol. The molecule has 0 aliphatic carbocycles. The number of aryl methyl sites for hydroxylation is 1. The van der Waals surface area contributed by atoms with E-state index in [1.165, 1.54) is 0 Å². The van der Waals surface area contributed by atoms with Crippen LogP contribution in [-0.2, 0) is 30.5 Å². The number of carbonyl (C=O) groups is 2. The predicted octanol–water partition coefficient (Wildman–Crippen LogP) is 3.88. The summed E-state index contributed by atoms with van der Waals surface area (Å²) < 4.78 is 31.9. The fraction of sp³-hybridized carbons (Fsp3) is 0.417. The number of benzene rings is 2. The first-order chi connectivity index (χ1) is 15.4. The Morgan fingerprint density at radius 2 is 1.69 bits per heavy atom. The van der Waals surface area contributed by atoms with Crippen LogP contribution in [0.5, 0.6) is 0 Å². The maximum absolute atomic E-state index is 12.9. The zero-order chi connectivity index (χ0) is 23.0. The van der Waals surface area contributed by atoms with E-state index in [1.54, 1.807) is 12.1 Å². The van der Waals surface area contributed by atoms with E-state index >= 15 is 0 Å². The lowest BCUT2D eigenvalue weighted by Gasteiger charge is -2.29. The quantitative estimate of drug-likeness (QED) is 0.537. The molecule has 8 heteroatoms. The molecule has 32 heavy (non-hydrogen) atoms. The van der Waals surface area contributed by atoms with Crippen molar-refractivity contribution in [2.75, 3.05) is 28.8 Å². The molecule has 7 nitrogen and oxygen atoms in total. The molecule has 172 valence electrons. The summed E-state index contributed by atoms with van der Waals surface area (Å²) in [4.78, 5) is 25.8. The van der Waals surface area contributed by atoms with Crippen molar-refractivity contribution in [2.24, 2.45) is 0 Å². The van der Waals surface area contributed by atoms with E-state index in [4.69, 9.17) is 4.18 Å². The lowest BCUT2D eigenvalue weighted by molar-refractivity contribution is -0.133. The molecule has 0 atom stereocenters. The monoisotopic (exact) mass is 458 g/mol. The fourth-order valence-electron chi connectivity index (χ4n) is 3.61. The predicted molar refractivity (Wildman–Crippen MR) is 125 cm³/mol. The molecule has 0 bridgehead atoms. The number of hydrogen-bond acceptors (Lipinski definition) is 6. The third kappa shape index (κ3) is 6.56. The number of anilines is 2. The van der Waals surface area contributed by atoms with Gasteiger partial charge in [0.05, 0.1) is 12.1 Å². The first kappa shape index (κ1) is 23.8. The Labute approximate surface area is 190 Å². The van der Waals surface area contributed by atoms with Gasteiger partial charge in [-0.1, -0.05) is 43.7 Å². The highest BCUT2D eigenvalue weighted by Gasteiger charge is 2.27. The van der Waals surface area contributed by atoms with Gasteiger partial charge in [-0.2, -0.15) is 8.42 Å². The Bertz CT molecular complexity index is 996. The summed E-state index contributed by atoms with van der Waals surface area (Å²) >= 11 is 0. The van der Waals surface area contributed by atoms with E-state index in [2.05, 4.69) is 4.90 Å². The highest BCUT2D eigenvalue weighted by atomic mass is 32.2. The smallest absolute Gasteiger partial charge is 0.371 e. The Morgan fingerprint density at radius 3 is 2.31 bits per heavy atom. The molecule has 0 aromatic heterocycles. The zero-order valence-corrected chi connectivity index (χ0v) is 19.2. The number of rotatable bonds is 10.